The molecule has 0 amide bonds. The van der Waals surface area contributed by atoms with E-state index in [-0.39, 0.29) is 11.7 Å². The van der Waals surface area contributed by atoms with E-state index in [1.54, 1.807) is 37.2 Å². The third kappa shape index (κ3) is 6.75. The molecule has 0 spiro atoms. The van der Waals surface area contributed by atoms with Crippen LogP contribution in [0, 0.1) is 17.7 Å². The van der Waals surface area contributed by atoms with Crippen LogP contribution in [-0.2, 0) is 4.79 Å². The third-order valence-electron chi connectivity index (χ3n) is 7.01. The lowest BCUT2D eigenvalue weighted by atomic mass is 9.81. The first kappa shape index (κ1) is 26.4. The summed E-state index contributed by atoms with van der Waals surface area (Å²) in [4.78, 5) is 19.7. The molecule has 2 aromatic carbocycles. The van der Waals surface area contributed by atoms with E-state index in [1.165, 1.54) is 12.1 Å². The minimum atomic E-state index is -0.765. The number of halogens is 1. The van der Waals surface area contributed by atoms with Crippen LogP contribution in [-0.4, -0.2) is 58.6 Å². The minimum Gasteiger partial charge on any atom is -0.497 e. The molecule has 36 heavy (non-hydrogen) atoms. The van der Waals surface area contributed by atoms with Gasteiger partial charge in [-0.3, -0.25) is 9.78 Å². The summed E-state index contributed by atoms with van der Waals surface area (Å²) in [5.41, 5.74) is 1.59. The summed E-state index contributed by atoms with van der Waals surface area (Å²) >= 11 is 1.69. The number of likely N-dealkylation sites (tertiary alicyclic amines) is 1. The van der Waals surface area contributed by atoms with Crippen LogP contribution in [0.5, 0.6) is 5.75 Å². The van der Waals surface area contributed by atoms with E-state index in [2.05, 4.69) is 9.88 Å². The second-order valence-electron chi connectivity index (χ2n) is 9.33. The lowest BCUT2D eigenvalue weighted by molar-refractivity contribution is -0.146. The van der Waals surface area contributed by atoms with Crippen molar-refractivity contribution in [1.29, 1.82) is 0 Å². The fraction of sp³-hybridized carbons (Fsp3) is 0.429. The van der Waals surface area contributed by atoms with Crippen molar-refractivity contribution in [2.24, 2.45) is 11.8 Å². The molecule has 0 unspecified atom stereocenters. The van der Waals surface area contributed by atoms with Gasteiger partial charge < -0.3 is 19.8 Å². The number of aliphatic hydroxyl groups excluding tert-OH is 1. The van der Waals surface area contributed by atoms with Crippen LogP contribution in [0.4, 0.5) is 4.39 Å². The number of rotatable bonds is 11. The van der Waals surface area contributed by atoms with Crippen LogP contribution in [0.1, 0.15) is 37.4 Å². The molecule has 192 valence electrons. The van der Waals surface area contributed by atoms with Gasteiger partial charge in [0.1, 0.15) is 11.6 Å². The van der Waals surface area contributed by atoms with Crippen LogP contribution in [0.25, 0.3) is 10.9 Å². The van der Waals surface area contributed by atoms with Gasteiger partial charge in [0.05, 0.1) is 24.6 Å². The third-order valence-corrected chi connectivity index (χ3v) is 8.11. The van der Waals surface area contributed by atoms with Gasteiger partial charge in [-0.15, -0.1) is 11.8 Å². The fourth-order valence-corrected chi connectivity index (χ4v) is 5.83. The number of ether oxygens (including phenoxy) is 1. The van der Waals surface area contributed by atoms with Gasteiger partial charge in [-0.05, 0) is 105 Å². The molecule has 4 rings (SSSR count). The van der Waals surface area contributed by atoms with Gasteiger partial charge >= 0.3 is 5.97 Å². The molecule has 1 saturated heterocycles. The lowest BCUT2D eigenvalue weighted by Crippen LogP contribution is -2.44. The molecule has 2 heterocycles. The highest BCUT2D eigenvalue weighted by Crippen LogP contribution is 2.34. The summed E-state index contributed by atoms with van der Waals surface area (Å²) in [5.74, 6) is 0.205. The van der Waals surface area contributed by atoms with Crippen molar-refractivity contribution < 1.29 is 24.1 Å². The molecular weight excluding hydrogens is 479 g/mol. The molecule has 3 aromatic rings. The number of nitrogens with zero attached hydrogens (tertiary/aromatic N) is 2. The van der Waals surface area contributed by atoms with Gasteiger partial charge in [-0.1, -0.05) is 0 Å². The zero-order valence-electron chi connectivity index (χ0n) is 20.5. The van der Waals surface area contributed by atoms with Gasteiger partial charge in [0, 0.05) is 23.0 Å². The lowest BCUT2D eigenvalue weighted by Gasteiger charge is -2.37. The fourth-order valence-electron chi connectivity index (χ4n) is 5.00. The summed E-state index contributed by atoms with van der Waals surface area (Å²) in [7, 11) is 1.61. The largest absolute Gasteiger partial charge is 0.497 e. The maximum absolute atomic E-state index is 13.0. The Hall–Kier alpha value is -2.68. The molecule has 1 aliphatic heterocycles. The predicted octanol–water partition coefficient (Wildman–Crippen LogP) is 5.40. The van der Waals surface area contributed by atoms with Crippen LogP contribution >= 0.6 is 11.8 Å². The predicted molar refractivity (Wildman–Crippen MR) is 140 cm³/mol. The number of piperidine rings is 1. The van der Waals surface area contributed by atoms with E-state index >= 15 is 0 Å². The van der Waals surface area contributed by atoms with E-state index in [0.29, 0.717) is 25.1 Å². The first-order valence-electron chi connectivity index (χ1n) is 12.4. The highest BCUT2D eigenvalue weighted by atomic mass is 32.2. The average molecular weight is 513 g/mol. The van der Waals surface area contributed by atoms with Crippen molar-refractivity contribution in [3.63, 3.8) is 0 Å². The molecule has 1 aliphatic rings. The first-order chi connectivity index (χ1) is 17.4. The Morgan fingerprint density at radius 3 is 2.81 bits per heavy atom. The number of fused-ring (bicyclic) bond motifs is 1. The Kier molecular flexibility index (Phi) is 9.18. The maximum atomic E-state index is 13.0. The number of methoxy groups -OCH3 is 1. The zero-order chi connectivity index (χ0) is 25.5. The Balaban J connectivity index is 1.29. The molecule has 2 N–H and O–H groups in total. The highest BCUT2D eigenvalue weighted by molar-refractivity contribution is 7.99. The second-order valence-corrected chi connectivity index (χ2v) is 10.5. The van der Waals surface area contributed by atoms with Crippen LogP contribution < -0.4 is 4.74 Å². The zero-order valence-corrected chi connectivity index (χ0v) is 21.3. The number of carbonyl (C=O) groups is 1. The molecule has 0 bridgehead atoms. The monoisotopic (exact) mass is 512 g/mol. The molecule has 1 aromatic heterocycles. The van der Waals surface area contributed by atoms with E-state index < -0.39 is 18.0 Å². The van der Waals surface area contributed by atoms with Gasteiger partial charge in [-0.25, -0.2) is 4.39 Å². The number of thioether (sulfide) groups is 1. The smallest absolute Gasteiger partial charge is 0.308 e. The summed E-state index contributed by atoms with van der Waals surface area (Å²) in [5, 5.41) is 21.8. The van der Waals surface area contributed by atoms with E-state index in [1.807, 2.05) is 24.3 Å². The van der Waals surface area contributed by atoms with Gasteiger partial charge in [0.25, 0.3) is 0 Å². The number of benzene rings is 2. The minimum absolute atomic E-state index is 0.0321. The summed E-state index contributed by atoms with van der Waals surface area (Å²) in [6.45, 7) is 2.24. The standard InChI is InChI=1S/C28H33FN2O4S/c1-35-21-6-9-26-24(17-21)23(11-13-30-26)27(32)10-3-19-12-15-31(18-25(19)28(33)34)14-2-16-36-22-7-4-20(29)5-8-22/h4-9,11,13,17,19,25,27,32H,2-3,10,12,14-16,18H2,1H3,(H,33,34)/t19-,25+,27+/m1/s1. The molecular formula is C28H33FN2O4S. The molecule has 1 fully saturated rings. The van der Waals surface area contributed by atoms with Crippen LogP contribution in [0.2, 0.25) is 0 Å². The number of aromatic nitrogens is 1. The second kappa shape index (κ2) is 12.5. The van der Waals surface area contributed by atoms with E-state index in [4.69, 9.17) is 4.74 Å². The van der Waals surface area contributed by atoms with Crippen molar-refractivity contribution in [3.8, 4) is 5.75 Å². The summed E-state index contributed by atoms with van der Waals surface area (Å²) in [6.07, 6.45) is 3.90. The number of hydrogen-bond donors (Lipinski definition) is 2. The van der Waals surface area contributed by atoms with E-state index in [0.717, 1.165) is 53.0 Å². The molecule has 0 saturated carbocycles. The average Bonchev–Trinajstić information content (AvgIpc) is 2.90. The normalized spacial score (nSPS) is 19.3. The van der Waals surface area contributed by atoms with Gasteiger partial charge in [0.2, 0.25) is 0 Å². The van der Waals surface area contributed by atoms with Crippen molar-refractivity contribution >= 4 is 28.6 Å². The number of hydrogen-bond acceptors (Lipinski definition) is 6. The molecule has 8 heteroatoms. The Morgan fingerprint density at radius 2 is 2.06 bits per heavy atom. The van der Waals surface area contributed by atoms with Crippen molar-refractivity contribution in [3.05, 3.63) is 66.1 Å². The van der Waals surface area contributed by atoms with Gasteiger partial charge in [-0.2, -0.15) is 0 Å². The van der Waals surface area contributed by atoms with Crippen molar-refractivity contribution in [1.82, 2.24) is 9.88 Å². The topological polar surface area (TPSA) is 82.9 Å². The number of aliphatic carboxylic acids is 1. The molecule has 0 radical (unpaired) electrons. The first-order valence-corrected chi connectivity index (χ1v) is 13.4. The Bertz CT molecular complexity index is 1160. The van der Waals surface area contributed by atoms with E-state index in [9.17, 15) is 19.4 Å². The number of pyridine rings is 1. The Labute approximate surface area is 215 Å². The molecule has 3 atom stereocenters. The summed E-state index contributed by atoms with van der Waals surface area (Å²) in [6, 6.07) is 13.9. The molecule has 0 aliphatic carbocycles. The Morgan fingerprint density at radius 1 is 1.25 bits per heavy atom. The quantitative estimate of drug-likeness (QED) is 0.263. The van der Waals surface area contributed by atoms with Crippen LogP contribution in [0.3, 0.4) is 0 Å². The van der Waals surface area contributed by atoms with Crippen LogP contribution in [0.15, 0.2) is 59.6 Å². The highest BCUT2D eigenvalue weighted by Gasteiger charge is 2.34. The number of carboxylic acids is 1. The van der Waals surface area contributed by atoms with Crippen molar-refractivity contribution in [2.75, 3.05) is 32.5 Å². The van der Waals surface area contributed by atoms with Gasteiger partial charge in [0.15, 0.2) is 0 Å². The van der Waals surface area contributed by atoms with Crippen molar-refractivity contribution in [2.45, 2.75) is 36.7 Å². The molecule has 6 nitrogen and oxygen atoms in total. The summed E-state index contributed by atoms with van der Waals surface area (Å²) < 4.78 is 18.4. The number of aliphatic hydroxyl groups is 1. The maximum Gasteiger partial charge on any atom is 0.308 e. The SMILES string of the molecule is COc1ccc2nccc([C@@H](O)CC[C@@H]3CCN(CCCSc4ccc(F)cc4)C[C@@H]3C(=O)O)c2c1. The number of carboxylic acid groups (broad SMARTS) is 1.